The molecule has 1 N–H and O–H groups in total. The second-order valence-corrected chi connectivity index (χ2v) is 10.0. The summed E-state index contributed by atoms with van der Waals surface area (Å²) in [5, 5.41) is 3.31. The van der Waals surface area contributed by atoms with Gasteiger partial charge in [0.1, 0.15) is 15.8 Å². The van der Waals surface area contributed by atoms with E-state index in [1.54, 1.807) is 17.2 Å². The van der Waals surface area contributed by atoms with Crippen LogP contribution in [0, 0.1) is 6.92 Å². The summed E-state index contributed by atoms with van der Waals surface area (Å²) in [6.45, 7) is 3.60. The number of fused-ring (bicyclic) bond motifs is 1. The van der Waals surface area contributed by atoms with Gasteiger partial charge in [-0.15, -0.1) is 0 Å². The highest BCUT2D eigenvalue weighted by atomic mass is 32.2. The average molecular weight is 493 g/mol. The van der Waals surface area contributed by atoms with E-state index in [0.29, 0.717) is 39.3 Å². The number of carbonyl (C=O) groups is 1. The number of carbonyl (C=O) groups excluding carboxylic acids is 1. The largest absolute Gasteiger partial charge is 0.376 e. The van der Waals surface area contributed by atoms with Crippen LogP contribution in [0.4, 0.5) is 5.82 Å². The molecule has 4 heterocycles. The Bertz CT molecular complexity index is 1350. The molecule has 2 fully saturated rings. The van der Waals surface area contributed by atoms with Gasteiger partial charge in [-0.1, -0.05) is 60.4 Å². The minimum atomic E-state index is -0.239. The molecule has 0 unspecified atom stereocenters. The molecule has 7 nitrogen and oxygen atoms in total. The van der Waals surface area contributed by atoms with Crippen molar-refractivity contribution in [2.75, 3.05) is 18.5 Å². The van der Waals surface area contributed by atoms with Crippen LogP contribution in [0.1, 0.15) is 29.5 Å². The van der Waals surface area contributed by atoms with Gasteiger partial charge in [0.15, 0.2) is 0 Å². The molecule has 5 rings (SSSR count). The molecule has 9 heteroatoms. The van der Waals surface area contributed by atoms with Crippen LogP contribution in [0.5, 0.6) is 0 Å². The van der Waals surface area contributed by atoms with E-state index in [1.807, 2.05) is 49.4 Å². The Morgan fingerprint density at radius 1 is 1.24 bits per heavy atom. The highest BCUT2D eigenvalue weighted by Gasteiger charge is 2.32. The summed E-state index contributed by atoms with van der Waals surface area (Å²) < 4.78 is 7.71. The van der Waals surface area contributed by atoms with Crippen LogP contribution >= 0.6 is 24.0 Å². The summed E-state index contributed by atoms with van der Waals surface area (Å²) in [5.41, 5.74) is 2.55. The number of nitrogens with one attached hydrogen (secondary N) is 1. The number of anilines is 1. The van der Waals surface area contributed by atoms with Gasteiger partial charge in [0.05, 0.1) is 23.1 Å². The van der Waals surface area contributed by atoms with Gasteiger partial charge in [-0.3, -0.25) is 18.9 Å². The maximum Gasteiger partial charge on any atom is 0.267 e. The van der Waals surface area contributed by atoms with Crippen LogP contribution in [0.2, 0.25) is 0 Å². The first-order chi connectivity index (χ1) is 16.5. The maximum absolute atomic E-state index is 13.5. The molecule has 0 aliphatic carbocycles. The highest BCUT2D eigenvalue weighted by Crippen LogP contribution is 2.34. The number of rotatable bonds is 6. The number of aryl methyl sites for hydroxylation is 1. The third-order valence-electron chi connectivity index (χ3n) is 5.94. The van der Waals surface area contributed by atoms with Gasteiger partial charge in [0.25, 0.3) is 11.5 Å². The lowest BCUT2D eigenvalue weighted by Gasteiger charge is -2.15. The van der Waals surface area contributed by atoms with E-state index >= 15 is 0 Å². The predicted octanol–water partition coefficient (Wildman–Crippen LogP) is 4.00. The number of ether oxygens (including phenoxy) is 1. The molecule has 0 radical (unpaired) electrons. The summed E-state index contributed by atoms with van der Waals surface area (Å²) >= 11 is 6.70. The fourth-order valence-corrected chi connectivity index (χ4v) is 5.36. The van der Waals surface area contributed by atoms with Gasteiger partial charge < -0.3 is 10.1 Å². The van der Waals surface area contributed by atoms with E-state index in [4.69, 9.17) is 21.9 Å². The van der Waals surface area contributed by atoms with E-state index in [1.165, 1.54) is 16.2 Å². The molecular formula is C25H24N4O3S2. The zero-order valence-corrected chi connectivity index (χ0v) is 20.3. The van der Waals surface area contributed by atoms with Crippen LogP contribution in [-0.4, -0.2) is 43.8 Å². The number of hydrogen-bond acceptors (Lipinski definition) is 7. The molecule has 1 atom stereocenters. The van der Waals surface area contributed by atoms with Crippen molar-refractivity contribution >= 4 is 51.7 Å². The summed E-state index contributed by atoms with van der Waals surface area (Å²) in [4.78, 5) is 33.4. The average Bonchev–Trinajstić information content (AvgIpc) is 3.45. The first-order valence-corrected chi connectivity index (χ1v) is 12.4. The summed E-state index contributed by atoms with van der Waals surface area (Å²) in [6, 6.07) is 13.4. The van der Waals surface area contributed by atoms with Crippen molar-refractivity contribution in [2.45, 2.75) is 32.4 Å². The number of nitrogens with zero attached hydrogens (tertiary/aromatic N) is 3. The second kappa shape index (κ2) is 9.69. The molecule has 1 amide bonds. The molecular weight excluding hydrogens is 468 g/mol. The Balaban J connectivity index is 1.52. The fourth-order valence-electron chi connectivity index (χ4n) is 4.13. The molecule has 0 spiro atoms. The number of pyridine rings is 1. The molecule has 1 aromatic carbocycles. The van der Waals surface area contributed by atoms with Gasteiger partial charge in [0, 0.05) is 19.3 Å². The first-order valence-electron chi connectivity index (χ1n) is 11.2. The van der Waals surface area contributed by atoms with Gasteiger partial charge in [0.2, 0.25) is 0 Å². The van der Waals surface area contributed by atoms with E-state index in [9.17, 15) is 9.59 Å². The monoisotopic (exact) mass is 492 g/mol. The molecule has 2 aromatic heterocycles. The summed E-state index contributed by atoms with van der Waals surface area (Å²) in [5.74, 6) is 0.237. The third-order valence-corrected chi connectivity index (χ3v) is 7.32. The third kappa shape index (κ3) is 4.51. The lowest BCUT2D eigenvalue weighted by atomic mass is 10.2. The van der Waals surface area contributed by atoms with E-state index in [-0.39, 0.29) is 17.6 Å². The van der Waals surface area contributed by atoms with Crippen LogP contribution < -0.4 is 10.9 Å². The van der Waals surface area contributed by atoms with Crippen molar-refractivity contribution in [1.29, 1.82) is 0 Å². The summed E-state index contributed by atoms with van der Waals surface area (Å²) in [6.07, 6.45) is 5.38. The molecule has 2 saturated heterocycles. The zero-order valence-electron chi connectivity index (χ0n) is 18.7. The van der Waals surface area contributed by atoms with Crippen molar-refractivity contribution in [3.63, 3.8) is 0 Å². The van der Waals surface area contributed by atoms with Gasteiger partial charge >= 0.3 is 0 Å². The smallest absolute Gasteiger partial charge is 0.267 e. The number of hydrogen-bond donors (Lipinski definition) is 1. The zero-order chi connectivity index (χ0) is 23.7. The van der Waals surface area contributed by atoms with Gasteiger partial charge in [-0.2, -0.15) is 0 Å². The fraction of sp³-hybridized carbons (Fsp3) is 0.280. The van der Waals surface area contributed by atoms with E-state index in [0.717, 1.165) is 30.6 Å². The highest BCUT2D eigenvalue weighted by molar-refractivity contribution is 8.26. The molecule has 3 aromatic rings. The lowest BCUT2D eigenvalue weighted by molar-refractivity contribution is -0.122. The Kier molecular flexibility index (Phi) is 6.49. The number of amides is 1. The Morgan fingerprint density at radius 3 is 2.82 bits per heavy atom. The first kappa shape index (κ1) is 22.8. The molecule has 174 valence electrons. The van der Waals surface area contributed by atoms with Crippen molar-refractivity contribution in [2.24, 2.45) is 0 Å². The maximum atomic E-state index is 13.5. The second-order valence-electron chi connectivity index (χ2n) is 8.33. The Morgan fingerprint density at radius 2 is 2.06 bits per heavy atom. The molecule has 2 aliphatic heterocycles. The lowest BCUT2D eigenvalue weighted by Crippen LogP contribution is -2.27. The Labute approximate surface area is 206 Å². The van der Waals surface area contributed by atoms with Crippen molar-refractivity contribution in [3.8, 4) is 0 Å². The molecule has 34 heavy (non-hydrogen) atoms. The van der Waals surface area contributed by atoms with E-state index in [2.05, 4.69) is 5.32 Å². The van der Waals surface area contributed by atoms with Crippen LogP contribution in [0.25, 0.3) is 11.7 Å². The predicted molar refractivity (Wildman–Crippen MR) is 139 cm³/mol. The molecule has 0 bridgehead atoms. The number of benzene rings is 1. The van der Waals surface area contributed by atoms with Crippen molar-refractivity contribution < 1.29 is 9.53 Å². The normalized spacial score (nSPS) is 19.5. The van der Waals surface area contributed by atoms with Crippen molar-refractivity contribution in [3.05, 3.63) is 80.6 Å². The van der Waals surface area contributed by atoms with Crippen LogP contribution in [0.15, 0.2) is 58.4 Å². The molecule has 0 saturated carbocycles. The number of aromatic nitrogens is 2. The molecule has 2 aliphatic rings. The van der Waals surface area contributed by atoms with Gasteiger partial charge in [-0.25, -0.2) is 4.98 Å². The minimum Gasteiger partial charge on any atom is -0.376 e. The number of thiocarbonyl (C=S) groups is 1. The quantitative estimate of drug-likeness (QED) is 0.412. The minimum absolute atomic E-state index is 0.0778. The standard InChI is InChI=1S/C25H24N4O3S2/c1-16-7-5-11-28-22(16)27-21(26-14-18-10-6-12-32-18)19(23(28)30)13-20-24(31)29(25(33)34-20)15-17-8-3-2-4-9-17/h2-5,7-9,11,13,18,26H,6,10,12,14-15H2,1H3/b20-13+/t18-/m0/s1. The topological polar surface area (TPSA) is 75.9 Å². The summed E-state index contributed by atoms with van der Waals surface area (Å²) in [7, 11) is 0. The van der Waals surface area contributed by atoms with Gasteiger partial charge in [-0.05, 0) is 43.0 Å². The van der Waals surface area contributed by atoms with Crippen LogP contribution in [-0.2, 0) is 16.1 Å². The van der Waals surface area contributed by atoms with Crippen LogP contribution in [0.3, 0.4) is 0 Å². The Hall–Kier alpha value is -3.01. The number of thioether (sulfide) groups is 1. The van der Waals surface area contributed by atoms with E-state index < -0.39 is 0 Å². The van der Waals surface area contributed by atoms with Crippen molar-refractivity contribution in [1.82, 2.24) is 14.3 Å². The SMILES string of the molecule is Cc1cccn2c(=O)c(/C=C3/SC(=S)N(Cc4ccccc4)C3=O)c(NC[C@@H]3CCCO3)nc12.